The van der Waals surface area contributed by atoms with E-state index in [0.717, 1.165) is 22.0 Å². The quantitative estimate of drug-likeness (QED) is 0.102. The molecular formula is C30H30ClN5O10. The number of hydrogen-bond acceptors (Lipinski definition) is 11. The fraction of sp³-hybridized carbons (Fsp3) is 0.333. The first-order valence-corrected chi connectivity index (χ1v) is 14.4. The Labute approximate surface area is 265 Å². The number of aliphatic hydroxyl groups is 3. The molecule has 46 heavy (non-hydrogen) atoms. The maximum Gasteiger partial charge on any atom is 0.306 e. The number of ether oxygens (including phenoxy) is 1. The van der Waals surface area contributed by atoms with Crippen molar-refractivity contribution in [3.05, 3.63) is 83.4 Å². The second-order valence-electron chi connectivity index (χ2n) is 11.0. The third-order valence-corrected chi connectivity index (χ3v) is 8.17. The molecule has 16 heteroatoms. The first-order valence-electron chi connectivity index (χ1n) is 14.0. The van der Waals surface area contributed by atoms with E-state index in [1.807, 2.05) is 60.7 Å². The van der Waals surface area contributed by atoms with Gasteiger partial charge < -0.3 is 40.7 Å². The summed E-state index contributed by atoms with van der Waals surface area (Å²) >= 11 is 6.29. The maximum atomic E-state index is 11.9. The topological polar surface area (TPSA) is 237 Å². The molecule has 3 heterocycles. The van der Waals surface area contributed by atoms with Gasteiger partial charge in [0, 0.05) is 12.5 Å². The minimum Gasteiger partial charge on any atom is -0.481 e. The maximum absolute atomic E-state index is 11.9. The number of benzene rings is 2. The summed E-state index contributed by atoms with van der Waals surface area (Å²) in [5.41, 5.74) is -3.91. The van der Waals surface area contributed by atoms with Crippen LogP contribution in [0.1, 0.15) is 42.5 Å². The molecule has 5 atom stereocenters. The number of fused-ring (bicyclic) bond motifs is 1. The number of rotatable bonds is 13. The Morgan fingerprint density at radius 3 is 2.00 bits per heavy atom. The second-order valence-corrected chi connectivity index (χ2v) is 11.3. The second kappa shape index (κ2) is 13.0. The lowest BCUT2D eigenvalue weighted by Gasteiger charge is -2.40. The van der Waals surface area contributed by atoms with Gasteiger partial charge in [0.15, 0.2) is 28.8 Å². The predicted octanol–water partition coefficient (Wildman–Crippen LogP) is 1.87. The van der Waals surface area contributed by atoms with Crippen LogP contribution in [-0.2, 0) is 19.1 Å². The van der Waals surface area contributed by atoms with Gasteiger partial charge in [-0.15, -0.1) is 0 Å². The number of carboxylic acids is 3. The lowest BCUT2D eigenvalue weighted by atomic mass is 9.73. The Balaban J connectivity index is 1.57. The van der Waals surface area contributed by atoms with Gasteiger partial charge in [-0.3, -0.25) is 19.0 Å². The highest BCUT2D eigenvalue weighted by atomic mass is 35.5. The number of aromatic nitrogens is 4. The van der Waals surface area contributed by atoms with Crippen molar-refractivity contribution in [1.82, 2.24) is 19.5 Å². The Hall–Kier alpha value is -4.67. The third kappa shape index (κ3) is 6.23. The number of hydrogen-bond donors (Lipinski definition) is 7. The summed E-state index contributed by atoms with van der Waals surface area (Å²) in [5, 5.41) is 65.5. The molecule has 1 unspecified atom stereocenters. The molecule has 0 saturated carbocycles. The van der Waals surface area contributed by atoms with Crippen LogP contribution in [0.3, 0.4) is 0 Å². The average Bonchev–Trinajstić information content (AvgIpc) is 3.49. The number of aliphatic hydroxyl groups excluding tert-OH is 1. The van der Waals surface area contributed by atoms with Crippen molar-refractivity contribution in [2.24, 2.45) is 0 Å². The highest BCUT2D eigenvalue weighted by Crippen LogP contribution is 2.51. The highest BCUT2D eigenvalue weighted by molar-refractivity contribution is 6.28. The molecule has 0 aliphatic carbocycles. The van der Waals surface area contributed by atoms with E-state index in [2.05, 4.69) is 20.3 Å². The van der Waals surface area contributed by atoms with Crippen LogP contribution in [0.2, 0.25) is 5.28 Å². The Morgan fingerprint density at radius 1 is 0.891 bits per heavy atom. The first-order chi connectivity index (χ1) is 21.8. The molecule has 1 fully saturated rings. The van der Waals surface area contributed by atoms with E-state index in [9.17, 15) is 45.0 Å². The number of halogens is 1. The Bertz CT molecular complexity index is 1700. The van der Waals surface area contributed by atoms with Crippen LogP contribution < -0.4 is 5.32 Å². The molecule has 242 valence electrons. The molecule has 5 rings (SSSR count). The molecule has 1 aliphatic rings. The number of nitrogens with one attached hydrogen (secondary N) is 1. The van der Waals surface area contributed by atoms with Crippen LogP contribution in [-0.4, -0.2) is 98.0 Å². The fourth-order valence-electron chi connectivity index (χ4n) is 5.95. The third-order valence-electron chi connectivity index (χ3n) is 8.00. The van der Waals surface area contributed by atoms with Crippen LogP contribution in [0.15, 0.2) is 67.0 Å². The van der Waals surface area contributed by atoms with Crippen molar-refractivity contribution >= 4 is 46.5 Å². The molecule has 2 aromatic heterocycles. The van der Waals surface area contributed by atoms with Crippen LogP contribution in [0.5, 0.6) is 0 Å². The largest absolute Gasteiger partial charge is 0.481 e. The fourth-order valence-corrected chi connectivity index (χ4v) is 6.12. The normalized spacial score (nSPS) is 23.4. The van der Waals surface area contributed by atoms with E-state index in [0.29, 0.717) is 6.54 Å². The van der Waals surface area contributed by atoms with Crippen molar-refractivity contribution in [1.29, 1.82) is 0 Å². The zero-order valence-electron chi connectivity index (χ0n) is 24.0. The molecule has 0 radical (unpaired) electrons. The molecular weight excluding hydrogens is 626 g/mol. The molecule has 0 amide bonds. The summed E-state index contributed by atoms with van der Waals surface area (Å²) in [6.07, 6.45) is -8.52. The number of carboxylic acid groups (broad SMARTS) is 3. The molecule has 0 spiro atoms. The number of anilines is 1. The smallest absolute Gasteiger partial charge is 0.306 e. The van der Waals surface area contributed by atoms with E-state index in [1.165, 1.54) is 0 Å². The number of carbonyl (C=O) groups is 3. The summed E-state index contributed by atoms with van der Waals surface area (Å²) in [7, 11) is 0. The molecule has 7 N–H and O–H groups in total. The van der Waals surface area contributed by atoms with Crippen LogP contribution in [0, 0.1) is 0 Å². The van der Waals surface area contributed by atoms with E-state index in [1.54, 1.807) is 0 Å². The first kappa shape index (κ1) is 32.7. The van der Waals surface area contributed by atoms with Gasteiger partial charge in [0.2, 0.25) is 5.28 Å². The van der Waals surface area contributed by atoms with Gasteiger partial charge in [-0.25, -0.2) is 4.98 Å². The monoisotopic (exact) mass is 655 g/mol. The molecule has 4 aromatic rings. The van der Waals surface area contributed by atoms with Gasteiger partial charge in [-0.1, -0.05) is 60.7 Å². The minimum atomic E-state index is -2.98. The van der Waals surface area contributed by atoms with E-state index >= 15 is 0 Å². The lowest BCUT2D eigenvalue weighted by Crippen LogP contribution is -2.62. The van der Waals surface area contributed by atoms with Crippen molar-refractivity contribution in [3.8, 4) is 0 Å². The summed E-state index contributed by atoms with van der Waals surface area (Å²) in [4.78, 5) is 47.9. The number of aliphatic carboxylic acids is 3. The van der Waals surface area contributed by atoms with Crippen molar-refractivity contribution < 1.29 is 49.8 Å². The molecule has 0 bridgehead atoms. The van der Waals surface area contributed by atoms with Crippen LogP contribution in [0.4, 0.5) is 5.82 Å². The molecule has 1 saturated heterocycles. The predicted molar refractivity (Wildman–Crippen MR) is 160 cm³/mol. The van der Waals surface area contributed by atoms with E-state index in [4.69, 9.17) is 16.3 Å². The SMILES string of the molecule is O=C(O)CC(O)[C@H]1O[C@@H](n2cnc3c(NCC(c4ccccc4)c4ccccc4)nc(Cl)nc32)[C@@](O)(CC(=O)O)[C@@]1(O)CC(=O)O. The highest BCUT2D eigenvalue weighted by Gasteiger charge is 2.69. The summed E-state index contributed by atoms with van der Waals surface area (Å²) in [6.45, 7) is 0.314. The number of nitrogens with zero attached hydrogens (tertiary/aromatic N) is 4. The molecule has 1 aliphatic heterocycles. The van der Waals surface area contributed by atoms with Crippen LogP contribution >= 0.6 is 11.6 Å². The number of imidazole rings is 1. The Kier molecular flexibility index (Phi) is 9.23. The molecule has 2 aromatic carbocycles. The van der Waals surface area contributed by atoms with Gasteiger partial charge in [0.05, 0.1) is 31.7 Å². The molecule has 15 nitrogen and oxygen atoms in total. The average molecular weight is 656 g/mol. The van der Waals surface area contributed by atoms with Gasteiger partial charge in [-0.2, -0.15) is 9.97 Å². The summed E-state index contributed by atoms with van der Waals surface area (Å²) in [5.74, 6) is -4.84. The Morgan fingerprint density at radius 2 is 1.46 bits per heavy atom. The zero-order chi connectivity index (χ0) is 33.2. The van der Waals surface area contributed by atoms with Crippen molar-refractivity contribution in [2.45, 2.75) is 54.8 Å². The van der Waals surface area contributed by atoms with E-state index in [-0.39, 0.29) is 28.2 Å². The van der Waals surface area contributed by atoms with Crippen LogP contribution in [0.25, 0.3) is 11.2 Å². The van der Waals surface area contributed by atoms with Gasteiger partial charge in [-0.05, 0) is 22.7 Å². The summed E-state index contributed by atoms with van der Waals surface area (Å²) < 4.78 is 6.79. The van der Waals surface area contributed by atoms with E-state index < -0.39 is 66.8 Å². The van der Waals surface area contributed by atoms with Gasteiger partial charge in [0.25, 0.3) is 0 Å². The summed E-state index contributed by atoms with van der Waals surface area (Å²) in [6, 6.07) is 19.4. The minimum absolute atomic E-state index is 0.0988. The van der Waals surface area contributed by atoms with Gasteiger partial charge in [0.1, 0.15) is 11.7 Å². The lowest BCUT2D eigenvalue weighted by molar-refractivity contribution is -0.188. The standard InChI is InChI=1S/C30H30ClN5O10/c31-28-34-25(32-14-18(16-7-3-1-4-8-16)17-9-5-2-6-10-17)23-26(35-28)36(15-33-23)27-30(45,13-22(42)43)29(44,12-21(40)41)24(46-27)19(37)11-20(38)39/h1-10,15,18-19,24,27,37,44-45H,11-14H2,(H,38,39)(H,40,41)(H,42,43)(H,32,34,35)/t19?,24-,27-,29-,30+/m1/s1. The van der Waals surface area contributed by atoms with Gasteiger partial charge >= 0.3 is 17.9 Å². The zero-order valence-corrected chi connectivity index (χ0v) is 24.7. The van der Waals surface area contributed by atoms with Crippen molar-refractivity contribution in [2.75, 3.05) is 11.9 Å². The van der Waals surface area contributed by atoms with Crippen molar-refractivity contribution in [3.63, 3.8) is 0 Å².